The number of methoxy groups -OCH3 is 1. The first-order valence-corrected chi connectivity index (χ1v) is 11.6. The number of hydrogen-bond acceptors (Lipinski definition) is 6. The van der Waals surface area contributed by atoms with Gasteiger partial charge >= 0.3 is 5.97 Å². The van der Waals surface area contributed by atoms with E-state index in [1.807, 2.05) is 19.1 Å². The summed E-state index contributed by atoms with van der Waals surface area (Å²) in [5.74, 6) is -0.463. The summed E-state index contributed by atoms with van der Waals surface area (Å²) >= 11 is 0. The average molecular weight is 478 g/mol. The molecule has 1 unspecified atom stereocenters. The van der Waals surface area contributed by atoms with Gasteiger partial charge in [-0.05, 0) is 49.2 Å². The highest BCUT2D eigenvalue weighted by Gasteiger charge is 2.32. The van der Waals surface area contributed by atoms with Gasteiger partial charge in [-0.25, -0.2) is 13.2 Å². The van der Waals surface area contributed by atoms with E-state index in [-0.39, 0.29) is 23.8 Å². The second kappa shape index (κ2) is 11.4. The minimum atomic E-state index is -3.86. The van der Waals surface area contributed by atoms with Crippen LogP contribution in [0.5, 0.6) is 0 Å². The predicted molar refractivity (Wildman–Crippen MR) is 127 cm³/mol. The maximum atomic E-state index is 13.9. The Morgan fingerprint density at radius 3 is 2.62 bits per heavy atom. The quantitative estimate of drug-likeness (QED) is 0.468. The van der Waals surface area contributed by atoms with Gasteiger partial charge in [-0.1, -0.05) is 31.2 Å². The number of aromatic nitrogens is 1. The van der Waals surface area contributed by atoms with Gasteiger partial charge in [-0.15, -0.1) is 12.4 Å². The van der Waals surface area contributed by atoms with Gasteiger partial charge in [0.15, 0.2) is 0 Å². The molecule has 0 spiro atoms. The van der Waals surface area contributed by atoms with Crippen molar-refractivity contribution in [3.63, 3.8) is 0 Å². The van der Waals surface area contributed by atoms with Crippen LogP contribution in [0.25, 0.3) is 10.8 Å². The number of sulfonamides is 1. The lowest BCUT2D eigenvalue weighted by Gasteiger charge is -2.31. The summed E-state index contributed by atoms with van der Waals surface area (Å²) in [7, 11) is -2.55. The number of rotatable bonds is 9. The zero-order valence-corrected chi connectivity index (χ0v) is 19.7. The van der Waals surface area contributed by atoms with Crippen molar-refractivity contribution in [2.75, 3.05) is 20.2 Å². The Labute approximate surface area is 195 Å². The van der Waals surface area contributed by atoms with Gasteiger partial charge in [0.25, 0.3) is 0 Å². The van der Waals surface area contributed by atoms with Crippen LogP contribution in [0.4, 0.5) is 0 Å². The molecule has 2 N–H and O–H groups in total. The fourth-order valence-electron chi connectivity index (χ4n) is 3.73. The van der Waals surface area contributed by atoms with Crippen LogP contribution in [0, 0.1) is 0 Å². The third kappa shape index (κ3) is 5.27. The molecule has 0 bridgehead atoms. The average Bonchev–Trinajstić information content (AvgIpc) is 2.80. The molecular formula is C23H28ClN3O4S. The highest BCUT2D eigenvalue weighted by molar-refractivity contribution is 7.89. The minimum Gasteiger partial charge on any atom is -0.465 e. The van der Waals surface area contributed by atoms with Crippen LogP contribution in [0.15, 0.2) is 65.8 Å². The third-order valence-electron chi connectivity index (χ3n) is 5.24. The van der Waals surface area contributed by atoms with Crippen LogP contribution in [-0.2, 0) is 14.8 Å². The summed E-state index contributed by atoms with van der Waals surface area (Å²) in [6.07, 6.45) is 4.28. The summed E-state index contributed by atoms with van der Waals surface area (Å²) in [4.78, 5) is 16.3. The van der Waals surface area contributed by atoms with E-state index < -0.39 is 22.0 Å². The van der Waals surface area contributed by atoms with E-state index in [4.69, 9.17) is 10.5 Å². The maximum absolute atomic E-state index is 13.9. The number of pyridine rings is 1. The number of ether oxygens (including phenoxy) is 1. The van der Waals surface area contributed by atoms with Crippen LogP contribution in [0.2, 0.25) is 0 Å². The lowest BCUT2D eigenvalue weighted by Crippen LogP contribution is -2.36. The molecule has 1 heterocycles. The fraction of sp³-hybridized carbons (Fsp3) is 0.304. The molecule has 2 aromatic carbocycles. The van der Waals surface area contributed by atoms with Crippen molar-refractivity contribution in [1.82, 2.24) is 9.29 Å². The van der Waals surface area contributed by atoms with Crippen LogP contribution in [0.3, 0.4) is 0 Å². The lowest BCUT2D eigenvalue weighted by atomic mass is 10.0. The number of carbonyl (C=O) groups is 1. The Morgan fingerprint density at radius 1 is 1.19 bits per heavy atom. The topological polar surface area (TPSA) is 103 Å². The molecule has 32 heavy (non-hydrogen) atoms. The molecule has 9 heteroatoms. The highest BCUT2D eigenvalue weighted by atomic mass is 35.5. The van der Waals surface area contributed by atoms with Crippen molar-refractivity contribution in [3.8, 4) is 0 Å². The number of nitrogens with two attached hydrogens (primary N) is 1. The predicted octanol–water partition coefficient (Wildman–Crippen LogP) is 3.93. The minimum absolute atomic E-state index is 0. The van der Waals surface area contributed by atoms with E-state index in [2.05, 4.69) is 4.98 Å². The monoisotopic (exact) mass is 477 g/mol. The first-order valence-electron chi connectivity index (χ1n) is 10.2. The molecule has 0 aliphatic rings. The zero-order chi connectivity index (χ0) is 22.4. The van der Waals surface area contributed by atoms with Crippen LogP contribution in [0.1, 0.15) is 41.7 Å². The lowest BCUT2D eigenvalue weighted by molar-refractivity contribution is 0.0600. The molecule has 0 amide bonds. The van der Waals surface area contributed by atoms with Gasteiger partial charge in [0.1, 0.15) is 0 Å². The Morgan fingerprint density at radius 2 is 1.94 bits per heavy atom. The van der Waals surface area contributed by atoms with Gasteiger partial charge in [0.05, 0.1) is 17.6 Å². The fourth-order valence-corrected chi connectivity index (χ4v) is 5.67. The number of fused-ring (bicyclic) bond motifs is 1. The Kier molecular flexibility index (Phi) is 9.15. The number of benzene rings is 2. The summed E-state index contributed by atoms with van der Waals surface area (Å²) in [5, 5.41) is 1.37. The molecular weight excluding hydrogens is 450 g/mol. The van der Waals surface area contributed by atoms with Crippen molar-refractivity contribution < 1.29 is 17.9 Å². The molecule has 7 nitrogen and oxygen atoms in total. The molecule has 1 aromatic heterocycles. The van der Waals surface area contributed by atoms with E-state index in [9.17, 15) is 13.2 Å². The largest absolute Gasteiger partial charge is 0.465 e. The molecule has 0 aliphatic carbocycles. The van der Waals surface area contributed by atoms with Gasteiger partial charge in [0, 0.05) is 35.8 Å². The van der Waals surface area contributed by atoms with E-state index >= 15 is 0 Å². The molecule has 0 fully saturated rings. The maximum Gasteiger partial charge on any atom is 0.337 e. The molecule has 0 saturated carbocycles. The zero-order valence-electron chi connectivity index (χ0n) is 18.1. The number of halogens is 1. The molecule has 3 aromatic rings. The summed E-state index contributed by atoms with van der Waals surface area (Å²) in [6.45, 7) is 2.55. The van der Waals surface area contributed by atoms with E-state index in [1.165, 1.54) is 11.4 Å². The SMILES string of the molecule is CCC(c1cccc(C(=O)OC)c1)N(CCCN)S(=O)(=O)c1cccc2cnccc12.Cl. The van der Waals surface area contributed by atoms with Gasteiger partial charge in [-0.3, -0.25) is 4.98 Å². The number of hydrogen-bond donors (Lipinski definition) is 1. The van der Waals surface area contributed by atoms with Crippen LogP contribution >= 0.6 is 12.4 Å². The van der Waals surface area contributed by atoms with Gasteiger partial charge in [0.2, 0.25) is 10.0 Å². The van der Waals surface area contributed by atoms with Crippen LogP contribution in [-0.4, -0.2) is 43.9 Å². The first-order chi connectivity index (χ1) is 14.9. The van der Waals surface area contributed by atoms with E-state index in [0.717, 1.165) is 10.9 Å². The molecule has 0 saturated heterocycles. The van der Waals surface area contributed by atoms with E-state index in [1.54, 1.807) is 48.8 Å². The molecule has 3 rings (SSSR count). The standard InChI is InChI=1S/C23H27N3O4S.ClH/c1-3-21(17-7-4-8-18(15-17)23(27)30-2)26(14-6-12-24)31(28,29)22-10-5-9-19-16-25-13-11-20(19)22;/h4-5,7-11,13,15-16,21H,3,6,12,14,24H2,1-2H3;1H. The summed E-state index contributed by atoms with van der Waals surface area (Å²) in [6, 6.07) is 13.3. The second-order valence-electron chi connectivity index (χ2n) is 7.15. The van der Waals surface area contributed by atoms with E-state index in [0.29, 0.717) is 30.3 Å². The summed E-state index contributed by atoms with van der Waals surface area (Å²) < 4.78 is 34.1. The Hall–Kier alpha value is -2.52. The Balaban J connectivity index is 0.00000363. The number of esters is 1. The normalized spacial score (nSPS) is 12.4. The smallest absolute Gasteiger partial charge is 0.337 e. The van der Waals surface area contributed by atoms with Crippen LogP contribution < -0.4 is 5.73 Å². The van der Waals surface area contributed by atoms with Gasteiger partial charge in [-0.2, -0.15) is 4.31 Å². The third-order valence-corrected chi connectivity index (χ3v) is 7.20. The van der Waals surface area contributed by atoms with Gasteiger partial charge < -0.3 is 10.5 Å². The molecule has 0 radical (unpaired) electrons. The van der Waals surface area contributed by atoms with Crippen molar-refractivity contribution in [2.45, 2.75) is 30.7 Å². The van der Waals surface area contributed by atoms with Crippen molar-refractivity contribution in [3.05, 3.63) is 72.1 Å². The summed E-state index contributed by atoms with van der Waals surface area (Å²) in [5.41, 5.74) is 6.83. The molecule has 172 valence electrons. The molecule has 0 aliphatic heterocycles. The number of nitrogens with zero attached hydrogens (tertiary/aromatic N) is 2. The first kappa shape index (κ1) is 25.7. The van der Waals surface area contributed by atoms with Crippen molar-refractivity contribution in [2.24, 2.45) is 5.73 Å². The Bertz CT molecular complexity index is 1170. The second-order valence-corrected chi connectivity index (χ2v) is 9.01. The molecule has 1 atom stereocenters. The van der Waals surface area contributed by atoms with Crippen molar-refractivity contribution >= 4 is 39.2 Å². The van der Waals surface area contributed by atoms with Crippen molar-refractivity contribution in [1.29, 1.82) is 0 Å². The highest BCUT2D eigenvalue weighted by Crippen LogP contribution is 2.33. The number of carbonyl (C=O) groups excluding carboxylic acids is 1.